The number of hydrogen-bond acceptors (Lipinski definition) is 4. The maximum absolute atomic E-state index is 5.13. The molecule has 2 aromatic heterocycles. The van der Waals surface area contributed by atoms with Crippen LogP contribution in [0.5, 0.6) is 5.88 Å². The highest BCUT2D eigenvalue weighted by atomic mass is 79.9. The summed E-state index contributed by atoms with van der Waals surface area (Å²) in [7, 11) is 1.63. The van der Waals surface area contributed by atoms with E-state index in [0.29, 0.717) is 5.88 Å². The molecular weight excluding hydrogens is 332 g/mol. The van der Waals surface area contributed by atoms with Gasteiger partial charge < -0.3 is 10.1 Å². The fourth-order valence-electron chi connectivity index (χ4n) is 2.18. The number of nitrogens with zero attached hydrogens (tertiary/aromatic N) is 3. The Bertz CT molecular complexity index is 597. The predicted octanol–water partition coefficient (Wildman–Crippen LogP) is 2.92. The summed E-state index contributed by atoms with van der Waals surface area (Å²) in [5.41, 5.74) is 3.45. The standard InChI is InChI=1S/C15H21BrN4O/c1-4-12-15(16)13(20(5-2)19-12)10-17-9-11-6-7-18-14(8-11)21-3/h6-8,17H,4-5,9-10H2,1-3H3. The van der Waals surface area contributed by atoms with Gasteiger partial charge in [-0.05, 0) is 40.9 Å². The highest BCUT2D eigenvalue weighted by molar-refractivity contribution is 9.10. The lowest BCUT2D eigenvalue weighted by Gasteiger charge is -2.08. The van der Waals surface area contributed by atoms with Gasteiger partial charge in [0.1, 0.15) is 0 Å². The summed E-state index contributed by atoms with van der Waals surface area (Å²) in [4.78, 5) is 4.11. The molecule has 0 saturated heterocycles. The molecule has 21 heavy (non-hydrogen) atoms. The summed E-state index contributed by atoms with van der Waals surface area (Å²) < 4.78 is 8.29. The second kappa shape index (κ2) is 7.56. The van der Waals surface area contributed by atoms with Crippen molar-refractivity contribution in [3.8, 4) is 5.88 Å². The minimum absolute atomic E-state index is 0.641. The van der Waals surface area contributed by atoms with E-state index in [-0.39, 0.29) is 0 Å². The maximum Gasteiger partial charge on any atom is 0.213 e. The molecule has 0 radical (unpaired) electrons. The maximum atomic E-state index is 5.13. The summed E-state index contributed by atoms with van der Waals surface area (Å²) in [6, 6.07) is 3.93. The molecule has 0 spiro atoms. The first-order valence-electron chi connectivity index (χ1n) is 7.13. The second-order valence-electron chi connectivity index (χ2n) is 4.69. The van der Waals surface area contributed by atoms with Crippen LogP contribution in [0.2, 0.25) is 0 Å². The van der Waals surface area contributed by atoms with Crippen LogP contribution < -0.4 is 10.1 Å². The first kappa shape index (κ1) is 16.0. The van der Waals surface area contributed by atoms with E-state index >= 15 is 0 Å². The Morgan fingerprint density at radius 1 is 1.33 bits per heavy atom. The molecule has 0 saturated carbocycles. The molecule has 5 nitrogen and oxygen atoms in total. The molecule has 0 unspecified atom stereocenters. The van der Waals surface area contributed by atoms with Crippen molar-refractivity contribution in [1.29, 1.82) is 0 Å². The van der Waals surface area contributed by atoms with E-state index in [2.05, 4.69) is 45.2 Å². The number of pyridine rings is 1. The molecule has 0 atom stereocenters. The SMILES string of the molecule is CCc1nn(CC)c(CNCc2ccnc(OC)c2)c1Br. The van der Waals surface area contributed by atoms with Gasteiger partial charge in [0.2, 0.25) is 5.88 Å². The van der Waals surface area contributed by atoms with Gasteiger partial charge in [-0.2, -0.15) is 5.10 Å². The lowest BCUT2D eigenvalue weighted by molar-refractivity contribution is 0.397. The lowest BCUT2D eigenvalue weighted by atomic mass is 10.2. The molecule has 0 aliphatic heterocycles. The van der Waals surface area contributed by atoms with Crippen LogP contribution in [0.15, 0.2) is 22.8 Å². The van der Waals surface area contributed by atoms with Crippen LogP contribution in [-0.2, 0) is 26.1 Å². The number of nitrogens with one attached hydrogen (secondary N) is 1. The van der Waals surface area contributed by atoms with Crippen molar-refractivity contribution in [3.05, 3.63) is 39.8 Å². The summed E-state index contributed by atoms with van der Waals surface area (Å²) in [6.45, 7) is 6.64. The lowest BCUT2D eigenvalue weighted by Crippen LogP contribution is -2.16. The van der Waals surface area contributed by atoms with Crippen LogP contribution in [0.1, 0.15) is 30.8 Å². The van der Waals surface area contributed by atoms with Crippen molar-refractivity contribution in [2.45, 2.75) is 39.9 Å². The van der Waals surface area contributed by atoms with Crippen LogP contribution in [0.25, 0.3) is 0 Å². The van der Waals surface area contributed by atoms with Gasteiger partial charge in [0.05, 0.1) is 23.0 Å². The zero-order valence-electron chi connectivity index (χ0n) is 12.7. The second-order valence-corrected chi connectivity index (χ2v) is 5.48. The molecular formula is C15H21BrN4O. The number of aromatic nitrogens is 3. The highest BCUT2D eigenvalue weighted by Crippen LogP contribution is 2.22. The Hall–Kier alpha value is -1.40. The molecule has 0 amide bonds. The van der Waals surface area contributed by atoms with Crippen molar-refractivity contribution >= 4 is 15.9 Å². The number of methoxy groups -OCH3 is 1. The summed E-state index contributed by atoms with van der Waals surface area (Å²) in [5.74, 6) is 0.641. The minimum atomic E-state index is 0.641. The predicted molar refractivity (Wildman–Crippen MR) is 86.3 cm³/mol. The van der Waals surface area contributed by atoms with E-state index < -0.39 is 0 Å². The van der Waals surface area contributed by atoms with Crippen LogP contribution in [0.4, 0.5) is 0 Å². The number of hydrogen-bond donors (Lipinski definition) is 1. The van der Waals surface area contributed by atoms with E-state index in [1.807, 2.05) is 16.8 Å². The fourth-order valence-corrected chi connectivity index (χ4v) is 2.89. The van der Waals surface area contributed by atoms with Crippen molar-refractivity contribution in [3.63, 3.8) is 0 Å². The van der Waals surface area contributed by atoms with Crippen molar-refractivity contribution in [2.24, 2.45) is 0 Å². The molecule has 2 aromatic rings. The van der Waals surface area contributed by atoms with Gasteiger partial charge in [-0.25, -0.2) is 4.98 Å². The van der Waals surface area contributed by atoms with Crippen LogP contribution in [-0.4, -0.2) is 21.9 Å². The Labute approximate surface area is 133 Å². The number of ether oxygens (including phenoxy) is 1. The topological polar surface area (TPSA) is 52.0 Å². The smallest absolute Gasteiger partial charge is 0.213 e. The van der Waals surface area contributed by atoms with Gasteiger partial charge in [0.25, 0.3) is 0 Å². The third-order valence-corrected chi connectivity index (χ3v) is 4.24. The summed E-state index contributed by atoms with van der Waals surface area (Å²) >= 11 is 3.66. The van der Waals surface area contributed by atoms with Gasteiger partial charge in [-0.15, -0.1) is 0 Å². The highest BCUT2D eigenvalue weighted by Gasteiger charge is 2.13. The Balaban J connectivity index is 2.01. The molecule has 0 bridgehead atoms. The molecule has 2 heterocycles. The third kappa shape index (κ3) is 3.83. The molecule has 0 aliphatic rings. The third-order valence-electron chi connectivity index (χ3n) is 3.32. The first-order valence-corrected chi connectivity index (χ1v) is 7.92. The molecule has 6 heteroatoms. The number of halogens is 1. The van der Waals surface area contributed by atoms with Gasteiger partial charge in [0, 0.05) is 31.9 Å². The minimum Gasteiger partial charge on any atom is -0.481 e. The van der Waals surface area contributed by atoms with E-state index in [1.165, 1.54) is 5.69 Å². The largest absolute Gasteiger partial charge is 0.481 e. The van der Waals surface area contributed by atoms with E-state index in [4.69, 9.17) is 4.74 Å². The molecule has 1 N–H and O–H groups in total. The van der Waals surface area contributed by atoms with E-state index in [0.717, 1.165) is 41.8 Å². The summed E-state index contributed by atoms with van der Waals surface area (Å²) in [6.07, 6.45) is 2.69. The zero-order valence-corrected chi connectivity index (χ0v) is 14.3. The van der Waals surface area contributed by atoms with Crippen LogP contribution >= 0.6 is 15.9 Å². The number of rotatable bonds is 7. The quantitative estimate of drug-likeness (QED) is 0.832. The van der Waals surface area contributed by atoms with E-state index in [9.17, 15) is 0 Å². The molecule has 0 aliphatic carbocycles. The molecule has 2 rings (SSSR count). The van der Waals surface area contributed by atoms with Crippen LogP contribution in [0.3, 0.4) is 0 Å². The van der Waals surface area contributed by atoms with Crippen molar-refractivity contribution in [2.75, 3.05) is 7.11 Å². The van der Waals surface area contributed by atoms with E-state index in [1.54, 1.807) is 13.3 Å². The van der Waals surface area contributed by atoms with Gasteiger partial charge in [-0.1, -0.05) is 6.92 Å². The Morgan fingerprint density at radius 2 is 2.14 bits per heavy atom. The number of aryl methyl sites for hydroxylation is 2. The summed E-state index contributed by atoms with van der Waals surface area (Å²) in [5, 5.41) is 8.05. The molecule has 0 aromatic carbocycles. The molecule has 114 valence electrons. The zero-order chi connectivity index (χ0) is 15.2. The fraction of sp³-hybridized carbons (Fsp3) is 0.467. The van der Waals surface area contributed by atoms with Gasteiger partial charge in [0.15, 0.2) is 0 Å². The van der Waals surface area contributed by atoms with Gasteiger partial charge >= 0.3 is 0 Å². The van der Waals surface area contributed by atoms with Crippen molar-refractivity contribution in [1.82, 2.24) is 20.1 Å². The Morgan fingerprint density at radius 3 is 2.81 bits per heavy atom. The molecule has 0 fully saturated rings. The Kier molecular flexibility index (Phi) is 5.76. The van der Waals surface area contributed by atoms with Crippen LogP contribution in [0, 0.1) is 0 Å². The van der Waals surface area contributed by atoms with Gasteiger partial charge in [-0.3, -0.25) is 4.68 Å². The first-order chi connectivity index (χ1) is 10.2. The average Bonchev–Trinajstić information content (AvgIpc) is 2.83. The normalized spacial score (nSPS) is 10.9. The monoisotopic (exact) mass is 352 g/mol. The van der Waals surface area contributed by atoms with Crippen molar-refractivity contribution < 1.29 is 4.74 Å². The average molecular weight is 353 g/mol.